The van der Waals surface area contributed by atoms with Crippen LogP contribution in [0, 0.1) is 18.3 Å². The van der Waals surface area contributed by atoms with Crippen molar-refractivity contribution in [2.45, 2.75) is 37.2 Å². The van der Waals surface area contributed by atoms with E-state index >= 15 is 0 Å². The Morgan fingerprint density at radius 2 is 2.28 bits per heavy atom. The van der Waals surface area contributed by atoms with Crippen LogP contribution in [0.2, 0.25) is 0 Å². The fraction of sp³-hybridized carbons (Fsp3) is 0.500. The fourth-order valence-corrected chi connectivity index (χ4v) is 3.60. The van der Waals surface area contributed by atoms with Gasteiger partial charge in [-0.25, -0.2) is 0 Å². The minimum absolute atomic E-state index is 0.417. The van der Waals surface area contributed by atoms with Gasteiger partial charge in [-0.1, -0.05) is 12.0 Å². The molecule has 3 rings (SSSR count). The molecule has 2 nitrogen and oxygen atoms in total. The molecule has 2 heteroatoms. The van der Waals surface area contributed by atoms with Crippen LogP contribution in [0.4, 0.5) is 0 Å². The third-order valence-corrected chi connectivity index (χ3v) is 4.53. The lowest BCUT2D eigenvalue weighted by Crippen LogP contribution is -2.21. The average molecular weight is 242 g/mol. The maximum absolute atomic E-state index is 10.3. The van der Waals surface area contributed by atoms with Gasteiger partial charge in [0.2, 0.25) is 0 Å². The molecule has 0 spiro atoms. The highest BCUT2D eigenvalue weighted by atomic mass is 16.5. The summed E-state index contributed by atoms with van der Waals surface area (Å²) in [4.78, 5) is 0. The lowest BCUT2D eigenvalue weighted by Gasteiger charge is -2.28. The summed E-state index contributed by atoms with van der Waals surface area (Å²) in [5.41, 5.74) is 1.83. The second-order valence-electron chi connectivity index (χ2n) is 5.55. The van der Waals surface area contributed by atoms with Crippen LogP contribution in [0.25, 0.3) is 0 Å². The molecule has 0 aromatic heterocycles. The molecule has 3 atom stereocenters. The van der Waals surface area contributed by atoms with E-state index in [1.807, 2.05) is 6.07 Å². The molecule has 0 aliphatic heterocycles. The number of hydrogen-bond donors (Lipinski definition) is 1. The van der Waals surface area contributed by atoms with E-state index in [1.165, 1.54) is 11.1 Å². The summed E-state index contributed by atoms with van der Waals surface area (Å²) in [6.07, 6.45) is 9.10. The smallest absolute Gasteiger partial charge is 0.126 e. The Morgan fingerprint density at radius 1 is 1.44 bits per heavy atom. The number of aliphatic hydroxyl groups is 1. The van der Waals surface area contributed by atoms with Crippen molar-refractivity contribution in [1.82, 2.24) is 0 Å². The standard InChI is InChI=1S/C16H18O2/c1-3-16(17)9-12-5-4-11-8-13(18-2)6-7-14(11)15(12)10-16/h1,6-8,12,15,17H,4-5,9-10H2,2H3/t12-,15-,16+/m1/s1. The van der Waals surface area contributed by atoms with Gasteiger partial charge in [-0.15, -0.1) is 6.42 Å². The van der Waals surface area contributed by atoms with Gasteiger partial charge in [-0.05, 0) is 60.8 Å². The number of aryl methyl sites for hydroxylation is 1. The summed E-state index contributed by atoms with van der Waals surface area (Å²) in [7, 11) is 1.69. The summed E-state index contributed by atoms with van der Waals surface area (Å²) in [6.45, 7) is 0. The van der Waals surface area contributed by atoms with Crippen LogP contribution in [0.3, 0.4) is 0 Å². The van der Waals surface area contributed by atoms with Crippen LogP contribution < -0.4 is 4.74 Å². The van der Waals surface area contributed by atoms with Crippen LogP contribution in [0.1, 0.15) is 36.3 Å². The predicted molar refractivity (Wildman–Crippen MR) is 70.6 cm³/mol. The molecule has 18 heavy (non-hydrogen) atoms. The van der Waals surface area contributed by atoms with Crippen molar-refractivity contribution in [2.24, 2.45) is 5.92 Å². The molecule has 0 heterocycles. The molecule has 1 fully saturated rings. The highest BCUT2D eigenvalue weighted by molar-refractivity contribution is 5.41. The molecule has 1 aromatic carbocycles. The first-order chi connectivity index (χ1) is 8.65. The molecular formula is C16H18O2. The van der Waals surface area contributed by atoms with Gasteiger partial charge in [0.25, 0.3) is 0 Å². The molecule has 0 saturated heterocycles. The molecule has 2 aliphatic rings. The Bertz CT molecular complexity index is 514. The van der Waals surface area contributed by atoms with Crippen molar-refractivity contribution in [3.8, 4) is 18.1 Å². The number of rotatable bonds is 1. The number of terminal acetylenes is 1. The van der Waals surface area contributed by atoms with Gasteiger partial charge < -0.3 is 9.84 Å². The van der Waals surface area contributed by atoms with Crippen LogP contribution in [0.15, 0.2) is 18.2 Å². The maximum Gasteiger partial charge on any atom is 0.126 e. The SMILES string of the molecule is C#C[C@]1(O)C[C@H]2CCc3cc(OC)ccc3[C@@H]2C1. The van der Waals surface area contributed by atoms with E-state index in [-0.39, 0.29) is 0 Å². The molecule has 0 unspecified atom stereocenters. The van der Waals surface area contributed by atoms with E-state index < -0.39 is 5.60 Å². The summed E-state index contributed by atoms with van der Waals surface area (Å²) >= 11 is 0. The lowest BCUT2D eigenvalue weighted by molar-refractivity contribution is 0.104. The van der Waals surface area contributed by atoms with E-state index in [9.17, 15) is 5.11 Å². The summed E-state index contributed by atoms with van der Waals surface area (Å²) in [6, 6.07) is 6.28. The van der Waals surface area contributed by atoms with Gasteiger partial charge in [0, 0.05) is 0 Å². The van der Waals surface area contributed by atoms with Gasteiger partial charge >= 0.3 is 0 Å². The Balaban J connectivity index is 1.97. The van der Waals surface area contributed by atoms with Gasteiger partial charge in [0.15, 0.2) is 0 Å². The van der Waals surface area contributed by atoms with E-state index in [1.54, 1.807) is 7.11 Å². The highest BCUT2D eigenvalue weighted by Crippen LogP contribution is 2.51. The minimum atomic E-state index is -0.892. The summed E-state index contributed by atoms with van der Waals surface area (Å²) < 4.78 is 5.27. The Hall–Kier alpha value is -1.46. The minimum Gasteiger partial charge on any atom is -0.497 e. The molecule has 0 amide bonds. The summed E-state index contributed by atoms with van der Waals surface area (Å²) in [5, 5.41) is 10.3. The van der Waals surface area contributed by atoms with E-state index in [4.69, 9.17) is 11.2 Å². The van der Waals surface area contributed by atoms with E-state index in [0.717, 1.165) is 25.0 Å². The van der Waals surface area contributed by atoms with E-state index in [0.29, 0.717) is 18.3 Å². The second-order valence-corrected chi connectivity index (χ2v) is 5.55. The Kier molecular flexibility index (Phi) is 2.60. The van der Waals surface area contributed by atoms with Gasteiger partial charge in [-0.2, -0.15) is 0 Å². The molecule has 2 aliphatic carbocycles. The van der Waals surface area contributed by atoms with Crippen molar-refractivity contribution in [2.75, 3.05) is 7.11 Å². The molecular weight excluding hydrogens is 224 g/mol. The zero-order valence-electron chi connectivity index (χ0n) is 10.6. The fourth-order valence-electron chi connectivity index (χ4n) is 3.60. The first-order valence-electron chi connectivity index (χ1n) is 6.52. The van der Waals surface area contributed by atoms with Gasteiger partial charge in [-0.3, -0.25) is 0 Å². The topological polar surface area (TPSA) is 29.5 Å². The normalized spacial score (nSPS) is 33.4. The van der Waals surface area contributed by atoms with Crippen molar-refractivity contribution >= 4 is 0 Å². The molecule has 94 valence electrons. The Morgan fingerprint density at radius 3 is 3.00 bits per heavy atom. The monoisotopic (exact) mass is 242 g/mol. The third-order valence-electron chi connectivity index (χ3n) is 4.53. The number of fused-ring (bicyclic) bond motifs is 3. The third kappa shape index (κ3) is 1.71. The maximum atomic E-state index is 10.3. The number of benzene rings is 1. The van der Waals surface area contributed by atoms with Crippen LogP contribution in [-0.2, 0) is 6.42 Å². The van der Waals surface area contributed by atoms with Gasteiger partial charge in [0.05, 0.1) is 7.11 Å². The molecule has 0 bridgehead atoms. The number of hydrogen-bond acceptors (Lipinski definition) is 2. The van der Waals surface area contributed by atoms with Crippen LogP contribution in [-0.4, -0.2) is 17.8 Å². The summed E-state index contributed by atoms with van der Waals surface area (Å²) in [5.74, 6) is 4.45. The van der Waals surface area contributed by atoms with Crippen molar-refractivity contribution in [3.63, 3.8) is 0 Å². The quantitative estimate of drug-likeness (QED) is 0.767. The zero-order valence-corrected chi connectivity index (χ0v) is 10.6. The van der Waals surface area contributed by atoms with E-state index in [2.05, 4.69) is 18.1 Å². The van der Waals surface area contributed by atoms with Crippen molar-refractivity contribution < 1.29 is 9.84 Å². The largest absolute Gasteiger partial charge is 0.497 e. The average Bonchev–Trinajstić information content (AvgIpc) is 2.75. The molecule has 1 N–H and O–H groups in total. The first-order valence-corrected chi connectivity index (χ1v) is 6.52. The number of methoxy groups -OCH3 is 1. The Labute approximate surface area is 108 Å². The molecule has 1 aromatic rings. The predicted octanol–water partition coefficient (Wildman–Crippen LogP) is 2.50. The second kappa shape index (κ2) is 4.03. The molecule has 1 saturated carbocycles. The van der Waals surface area contributed by atoms with Gasteiger partial charge in [0.1, 0.15) is 11.4 Å². The zero-order chi connectivity index (χ0) is 12.8. The highest BCUT2D eigenvalue weighted by Gasteiger charge is 2.45. The van der Waals surface area contributed by atoms with Crippen LogP contribution >= 0.6 is 0 Å². The molecule has 0 radical (unpaired) electrons. The number of ether oxygens (including phenoxy) is 1. The van der Waals surface area contributed by atoms with Crippen molar-refractivity contribution in [3.05, 3.63) is 29.3 Å². The first kappa shape index (κ1) is 11.6. The van der Waals surface area contributed by atoms with Crippen LogP contribution in [0.5, 0.6) is 5.75 Å². The van der Waals surface area contributed by atoms with Crippen molar-refractivity contribution in [1.29, 1.82) is 0 Å². The lowest BCUT2D eigenvalue weighted by atomic mass is 9.77.